The van der Waals surface area contributed by atoms with Gasteiger partial charge in [0.1, 0.15) is 23.0 Å². The molecule has 0 radical (unpaired) electrons. The molecule has 0 atom stereocenters. The number of hydrogen-bond acceptors (Lipinski definition) is 10. The third-order valence-corrected chi connectivity index (χ3v) is 41.3. The fraction of sp³-hybridized carbons (Fsp3) is 0. The number of nitrogens with zero attached hydrogens (tertiary/aromatic N) is 7. The highest BCUT2D eigenvalue weighted by Crippen LogP contribution is 2.39. The highest BCUT2D eigenvalue weighted by atomic mass is 32.2. The fourth-order valence-electron chi connectivity index (χ4n) is 19.4. The van der Waals surface area contributed by atoms with Crippen LogP contribution in [0.15, 0.2) is 514 Å². The molecule has 17 aromatic carbocycles. The summed E-state index contributed by atoms with van der Waals surface area (Å²) in [5, 5.41) is 15.7. The molecule has 21 aromatic rings. The number of aromatic nitrogens is 7. The van der Waals surface area contributed by atoms with Crippen LogP contribution in [0.4, 0.5) is 0 Å². The van der Waals surface area contributed by atoms with E-state index in [4.69, 9.17) is 34.4 Å². The Morgan fingerprint density at radius 3 is 0.788 bits per heavy atom. The summed E-state index contributed by atoms with van der Waals surface area (Å²) in [6.45, 7) is 0. The maximum Gasteiger partial charge on any atom is 0.188 e. The molecule has 7 heterocycles. The van der Waals surface area contributed by atoms with Crippen LogP contribution >= 0.6 is 11.8 Å². The highest BCUT2D eigenvalue weighted by molar-refractivity contribution is 8.00. The minimum atomic E-state index is -2.78. The van der Waals surface area contributed by atoms with E-state index in [1.807, 2.05) is 97.2 Å². The van der Waals surface area contributed by atoms with Gasteiger partial charge in [-0.25, -0.2) is 24.9 Å². The van der Waals surface area contributed by atoms with Crippen LogP contribution in [-0.2, 0) is 0 Å². The van der Waals surface area contributed by atoms with Crippen molar-refractivity contribution >= 4 is 98.2 Å². The summed E-state index contributed by atoms with van der Waals surface area (Å²) in [6, 6.07) is 170. The third-order valence-electron chi connectivity index (χ3n) is 25.3. The second-order valence-corrected chi connectivity index (χ2v) is 45.2. The average molecular weight is 1760 g/mol. The Morgan fingerprint density at radius 2 is 0.432 bits per heavy atom. The molecule has 0 bridgehead atoms. The standard InChI is InChI=1S/2C40H28N2OSi.C39H27N3SSi/c1-4-15-29(16-5-1)34-28-35(30-17-6-2-7-18-30)42-40(41-34)31-19-14-22-33(27-31)44(32-20-8-3-9-21-32)38-25-12-10-23-36(38)43-37-24-11-13-26-39(37)44;1-2-14-35(15-3-1)44(39-19-6-4-17-37(39)43-38-18-5-7-20-40(38)44)36-16-8-11-29(26-36)32-23-33(30-12-9-21-41-27-30)25-34(24-32)31-13-10-22-42-28-31;1-4-15-28(16-5-1)37-40-38(29-17-6-2-7-18-29)42-39(41-37)30-19-14-22-32(27-30)44(31-20-8-3-9-21-31)35-25-12-10-23-33(35)43-34-24-11-13-26-36(34)44/h2*1-28H;1-27H. The molecular formula is C119H83N7O2SSi3. The third kappa shape index (κ3) is 15.3. The zero-order chi connectivity index (χ0) is 88.0. The van der Waals surface area contributed by atoms with E-state index in [0.29, 0.717) is 23.3 Å². The van der Waals surface area contributed by atoms with Crippen molar-refractivity contribution in [3.63, 3.8) is 0 Å². The molecule has 24 rings (SSSR count). The van der Waals surface area contributed by atoms with Crippen molar-refractivity contribution in [2.75, 3.05) is 0 Å². The van der Waals surface area contributed by atoms with E-state index in [2.05, 4.69) is 429 Å². The Kier molecular flexibility index (Phi) is 22.3. The molecule has 3 aliphatic rings. The van der Waals surface area contributed by atoms with E-state index in [1.165, 1.54) is 77.6 Å². The van der Waals surface area contributed by atoms with Gasteiger partial charge in [0.05, 0.1) is 11.4 Å². The molecule has 0 saturated carbocycles. The Morgan fingerprint density at radius 1 is 0.174 bits per heavy atom. The first kappa shape index (κ1) is 81.5. The van der Waals surface area contributed by atoms with Crippen molar-refractivity contribution in [2.45, 2.75) is 9.79 Å². The Hall–Kier alpha value is -16.3. The smallest absolute Gasteiger partial charge is 0.188 e. The van der Waals surface area contributed by atoms with Gasteiger partial charge in [0.2, 0.25) is 0 Å². The number of rotatable bonds is 15. The van der Waals surface area contributed by atoms with Crippen LogP contribution < -0.4 is 71.7 Å². The van der Waals surface area contributed by atoms with Crippen LogP contribution in [0.5, 0.6) is 23.0 Å². The zero-order valence-corrected chi connectivity index (χ0v) is 75.6. The summed E-state index contributed by atoms with van der Waals surface area (Å²) < 4.78 is 13.1. The van der Waals surface area contributed by atoms with Crippen molar-refractivity contribution < 1.29 is 9.47 Å². The van der Waals surface area contributed by atoms with Crippen LogP contribution in [0.3, 0.4) is 0 Å². The molecule has 0 N–H and O–H groups in total. The minimum absolute atomic E-state index is 0.666. The lowest BCUT2D eigenvalue weighted by Gasteiger charge is -2.40. The Balaban J connectivity index is 0.000000116. The number of fused-ring (bicyclic) bond motifs is 6. The van der Waals surface area contributed by atoms with Crippen molar-refractivity contribution in [1.29, 1.82) is 0 Å². The molecule has 0 saturated heterocycles. The Bertz CT molecular complexity index is 6720. The molecule has 3 aliphatic heterocycles. The van der Waals surface area contributed by atoms with Crippen LogP contribution in [0.2, 0.25) is 0 Å². The van der Waals surface area contributed by atoms with Gasteiger partial charge >= 0.3 is 0 Å². The van der Waals surface area contributed by atoms with E-state index >= 15 is 0 Å². The van der Waals surface area contributed by atoms with Crippen molar-refractivity contribution in [3.05, 3.63) is 504 Å². The molecular weight excluding hydrogens is 1680 g/mol. The lowest BCUT2D eigenvalue weighted by molar-refractivity contribution is 0.487. The summed E-state index contributed by atoms with van der Waals surface area (Å²) in [4.78, 5) is 36.8. The molecule has 0 spiro atoms. The van der Waals surface area contributed by atoms with Crippen LogP contribution in [0, 0.1) is 0 Å². The number of ether oxygens (including phenoxy) is 2. The first-order valence-electron chi connectivity index (χ1n) is 44.3. The molecule has 0 amide bonds. The zero-order valence-electron chi connectivity index (χ0n) is 71.8. The highest BCUT2D eigenvalue weighted by Gasteiger charge is 2.51. The van der Waals surface area contributed by atoms with Gasteiger partial charge < -0.3 is 9.47 Å². The molecule has 132 heavy (non-hydrogen) atoms. The van der Waals surface area contributed by atoms with Gasteiger partial charge in [0.25, 0.3) is 0 Å². The molecule has 0 aliphatic carbocycles. The number of para-hydroxylation sites is 4. The average Bonchev–Trinajstić information content (AvgIpc) is 0.714. The summed E-state index contributed by atoms with van der Waals surface area (Å²) in [5.74, 6) is 6.41. The Labute approximate surface area is 775 Å². The monoisotopic (exact) mass is 1760 g/mol. The van der Waals surface area contributed by atoms with Crippen molar-refractivity contribution in [2.24, 2.45) is 0 Å². The van der Waals surface area contributed by atoms with E-state index in [1.54, 1.807) is 0 Å². The van der Waals surface area contributed by atoms with E-state index in [9.17, 15) is 0 Å². The molecule has 0 unspecified atom stereocenters. The topological polar surface area (TPSA) is 109 Å². The molecule has 13 heteroatoms. The normalized spacial score (nSPS) is 13.0. The summed E-state index contributed by atoms with van der Waals surface area (Å²) in [7, 11) is -8.20. The van der Waals surface area contributed by atoms with Gasteiger partial charge in [-0.15, -0.1) is 0 Å². The predicted molar refractivity (Wildman–Crippen MR) is 548 cm³/mol. The fourth-order valence-corrected chi connectivity index (χ4v) is 36.3. The predicted octanol–water partition coefficient (Wildman–Crippen LogP) is 20.6. The summed E-state index contributed by atoms with van der Waals surface area (Å²) in [6.07, 6.45) is 7.48. The number of hydrogen-bond donors (Lipinski definition) is 0. The molecule has 624 valence electrons. The maximum absolute atomic E-state index is 6.54. The minimum Gasteiger partial charge on any atom is -0.458 e. The summed E-state index contributed by atoms with van der Waals surface area (Å²) in [5.41, 5.74) is 14.5. The molecule has 0 fully saturated rings. The van der Waals surface area contributed by atoms with Crippen LogP contribution in [0.25, 0.3) is 101 Å². The van der Waals surface area contributed by atoms with E-state index in [-0.39, 0.29) is 0 Å². The van der Waals surface area contributed by atoms with Gasteiger partial charge in [-0.1, -0.05) is 418 Å². The van der Waals surface area contributed by atoms with Crippen LogP contribution in [0.1, 0.15) is 0 Å². The second-order valence-electron chi connectivity index (χ2n) is 32.9. The largest absolute Gasteiger partial charge is 0.458 e. The number of pyridine rings is 2. The molecule has 9 nitrogen and oxygen atoms in total. The quantitative estimate of drug-likeness (QED) is 0.0921. The van der Waals surface area contributed by atoms with Gasteiger partial charge in [0, 0.05) is 79.1 Å². The lowest BCUT2D eigenvalue weighted by atomic mass is 9.94. The first-order chi connectivity index (χ1) is 65.4. The first-order valence-corrected chi connectivity index (χ1v) is 51.2. The van der Waals surface area contributed by atoms with E-state index < -0.39 is 24.2 Å². The lowest BCUT2D eigenvalue weighted by Crippen LogP contribution is -2.76. The van der Waals surface area contributed by atoms with Crippen molar-refractivity contribution in [1.82, 2.24) is 34.9 Å². The van der Waals surface area contributed by atoms with Gasteiger partial charge in [-0.2, -0.15) is 0 Å². The maximum atomic E-state index is 6.54. The van der Waals surface area contributed by atoms with Crippen LogP contribution in [-0.4, -0.2) is 59.1 Å². The molecule has 4 aromatic heterocycles. The summed E-state index contributed by atoms with van der Waals surface area (Å²) >= 11 is 1.88. The van der Waals surface area contributed by atoms with Gasteiger partial charge in [-0.3, -0.25) is 9.97 Å². The van der Waals surface area contributed by atoms with Gasteiger partial charge in [0.15, 0.2) is 47.5 Å². The van der Waals surface area contributed by atoms with Crippen molar-refractivity contribution in [3.8, 4) is 124 Å². The SMILES string of the molecule is c1ccc(-c2cc(-c3ccccc3)nc(-c3cccc([Si]4(c5ccccc5)c5ccccc5Oc5ccccc54)c3)n2)cc1.c1ccc(-c2nc(-c3ccccc3)nc(-c3cccc([Si]4(c5ccccc5)c5ccccc5Sc5ccccc54)c3)n2)cc1.c1ccc([Si]2(c3cccc(-c4cc(-c5cccnc5)cc(-c5cccnc5)c4)c3)c3ccccc3Oc3ccccc32)cc1. The second kappa shape index (κ2) is 36.1. The number of benzene rings is 17. The van der Waals surface area contributed by atoms with Gasteiger partial charge in [-0.05, 0) is 157 Å². The van der Waals surface area contributed by atoms with E-state index in [0.717, 1.165) is 95.6 Å².